The average molecular weight is 253 g/mol. The molecule has 6 heteroatoms. The number of nitrogens with zero attached hydrogens (tertiary/aromatic N) is 2. The highest BCUT2D eigenvalue weighted by atomic mass is 16.3. The van der Waals surface area contributed by atoms with Gasteiger partial charge in [-0.25, -0.2) is 15.8 Å². The fourth-order valence-electron chi connectivity index (χ4n) is 1.40. The smallest absolute Gasteiger partial charge is 0.148 e. The zero-order chi connectivity index (χ0) is 13.9. The van der Waals surface area contributed by atoms with Crippen molar-refractivity contribution >= 4 is 11.6 Å². The number of anilines is 2. The van der Waals surface area contributed by atoms with Gasteiger partial charge in [0.1, 0.15) is 17.5 Å². The minimum atomic E-state index is -0.800. The Morgan fingerprint density at radius 2 is 1.83 bits per heavy atom. The summed E-state index contributed by atoms with van der Waals surface area (Å²) >= 11 is 0. The Balaban J connectivity index is 3.05. The second-order valence-electron chi connectivity index (χ2n) is 5.37. The molecule has 0 aliphatic rings. The standard InChI is InChI=1S/C12H23N5O/c1-7(2)9-15-10(14-6-12(4,5)18)8(3)11(16-9)17-13/h7,18H,6,13H2,1-5H3,(H2,14,15,16,17). The fraction of sp³-hybridized carbons (Fsp3) is 0.667. The van der Waals surface area contributed by atoms with Crippen molar-refractivity contribution in [1.82, 2.24) is 9.97 Å². The number of nitrogens with one attached hydrogen (secondary N) is 2. The molecule has 1 heterocycles. The molecular formula is C12H23N5O. The normalized spacial score (nSPS) is 11.8. The third-order valence-corrected chi connectivity index (χ3v) is 2.50. The zero-order valence-corrected chi connectivity index (χ0v) is 11.7. The van der Waals surface area contributed by atoms with Crippen LogP contribution in [-0.4, -0.2) is 27.2 Å². The molecule has 0 unspecified atom stereocenters. The Kier molecular flexibility index (Phi) is 4.48. The summed E-state index contributed by atoms with van der Waals surface area (Å²) in [6.07, 6.45) is 0. The number of rotatable bonds is 5. The Labute approximate surface area is 108 Å². The highest BCUT2D eigenvalue weighted by Crippen LogP contribution is 2.22. The van der Waals surface area contributed by atoms with Gasteiger partial charge in [-0.3, -0.25) is 0 Å². The van der Waals surface area contributed by atoms with Crippen molar-refractivity contribution in [2.24, 2.45) is 5.84 Å². The van der Waals surface area contributed by atoms with E-state index >= 15 is 0 Å². The van der Waals surface area contributed by atoms with Crippen molar-refractivity contribution in [3.05, 3.63) is 11.4 Å². The van der Waals surface area contributed by atoms with Crippen LogP contribution in [0.1, 0.15) is 45.0 Å². The van der Waals surface area contributed by atoms with Crippen molar-refractivity contribution < 1.29 is 5.11 Å². The maximum absolute atomic E-state index is 9.73. The van der Waals surface area contributed by atoms with Gasteiger partial charge in [0.2, 0.25) is 0 Å². The van der Waals surface area contributed by atoms with Crippen molar-refractivity contribution in [2.75, 3.05) is 17.3 Å². The molecular weight excluding hydrogens is 230 g/mol. The molecule has 6 nitrogen and oxygen atoms in total. The fourth-order valence-corrected chi connectivity index (χ4v) is 1.40. The van der Waals surface area contributed by atoms with Crippen LogP contribution in [0, 0.1) is 6.92 Å². The Morgan fingerprint density at radius 3 is 2.28 bits per heavy atom. The summed E-state index contributed by atoms with van der Waals surface area (Å²) in [5.74, 6) is 7.68. The van der Waals surface area contributed by atoms with Gasteiger partial charge in [0.15, 0.2) is 0 Å². The summed E-state index contributed by atoms with van der Waals surface area (Å²) < 4.78 is 0. The predicted molar refractivity (Wildman–Crippen MR) is 73.5 cm³/mol. The third-order valence-electron chi connectivity index (χ3n) is 2.50. The minimum Gasteiger partial charge on any atom is -0.389 e. The van der Waals surface area contributed by atoms with Crippen molar-refractivity contribution in [3.8, 4) is 0 Å². The maximum Gasteiger partial charge on any atom is 0.148 e. The van der Waals surface area contributed by atoms with Gasteiger partial charge in [-0.15, -0.1) is 0 Å². The molecule has 0 saturated carbocycles. The lowest BCUT2D eigenvalue weighted by molar-refractivity contribution is 0.0944. The van der Waals surface area contributed by atoms with Crippen LogP contribution in [0.5, 0.6) is 0 Å². The first-order valence-electron chi connectivity index (χ1n) is 6.06. The quantitative estimate of drug-likeness (QED) is 0.467. The van der Waals surface area contributed by atoms with E-state index in [1.807, 2.05) is 20.8 Å². The molecule has 0 fully saturated rings. The molecule has 0 aliphatic carbocycles. The minimum absolute atomic E-state index is 0.209. The van der Waals surface area contributed by atoms with E-state index in [2.05, 4.69) is 20.7 Å². The molecule has 1 aromatic heterocycles. The van der Waals surface area contributed by atoms with Crippen molar-refractivity contribution in [3.63, 3.8) is 0 Å². The SMILES string of the molecule is Cc1c(NN)nc(C(C)C)nc1NCC(C)(C)O. The zero-order valence-electron chi connectivity index (χ0n) is 11.7. The highest BCUT2D eigenvalue weighted by Gasteiger charge is 2.16. The summed E-state index contributed by atoms with van der Waals surface area (Å²) in [6, 6.07) is 0. The molecule has 18 heavy (non-hydrogen) atoms. The molecule has 0 spiro atoms. The summed E-state index contributed by atoms with van der Waals surface area (Å²) in [5.41, 5.74) is 2.61. The molecule has 0 aromatic carbocycles. The largest absolute Gasteiger partial charge is 0.389 e. The molecule has 0 saturated heterocycles. The van der Waals surface area contributed by atoms with Gasteiger partial charge in [0, 0.05) is 18.0 Å². The van der Waals surface area contributed by atoms with Crippen LogP contribution in [0.4, 0.5) is 11.6 Å². The lowest BCUT2D eigenvalue weighted by Gasteiger charge is -2.20. The van der Waals surface area contributed by atoms with Gasteiger partial charge in [-0.1, -0.05) is 13.8 Å². The van der Waals surface area contributed by atoms with Crippen molar-refractivity contribution in [2.45, 2.75) is 46.1 Å². The monoisotopic (exact) mass is 253 g/mol. The number of hydrogen-bond donors (Lipinski definition) is 4. The molecule has 0 aliphatic heterocycles. The summed E-state index contributed by atoms with van der Waals surface area (Å²) in [5, 5.41) is 12.9. The van der Waals surface area contributed by atoms with E-state index in [0.717, 1.165) is 5.56 Å². The van der Waals surface area contributed by atoms with Crippen LogP contribution in [0.3, 0.4) is 0 Å². The van der Waals surface area contributed by atoms with E-state index < -0.39 is 5.60 Å². The lowest BCUT2D eigenvalue weighted by Crippen LogP contribution is -2.30. The van der Waals surface area contributed by atoms with E-state index in [1.54, 1.807) is 13.8 Å². The molecule has 0 radical (unpaired) electrons. The lowest BCUT2D eigenvalue weighted by atomic mass is 10.1. The highest BCUT2D eigenvalue weighted by molar-refractivity contribution is 5.57. The van der Waals surface area contributed by atoms with Crippen LogP contribution in [0.15, 0.2) is 0 Å². The number of aromatic nitrogens is 2. The second-order valence-corrected chi connectivity index (χ2v) is 5.37. The number of hydrazine groups is 1. The molecule has 102 valence electrons. The summed E-state index contributed by atoms with van der Waals surface area (Å²) in [4.78, 5) is 8.80. The topological polar surface area (TPSA) is 96.1 Å². The maximum atomic E-state index is 9.73. The third kappa shape index (κ3) is 3.82. The van der Waals surface area contributed by atoms with Crippen molar-refractivity contribution in [1.29, 1.82) is 0 Å². The van der Waals surface area contributed by atoms with E-state index in [-0.39, 0.29) is 5.92 Å². The van der Waals surface area contributed by atoms with E-state index in [9.17, 15) is 5.11 Å². The predicted octanol–water partition coefficient (Wildman–Crippen LogP) is 1.38. The molecule has 0 amide bonds. The Bertz CT molecular complexity index is 412. The molecule has 1 rings (SSSR count). The Hall–Kier alpha value is -1.40. The van der Waals surface area contributed by atoms with Gasteiger partial charge in [0.25, 0.3) is 0 Å². The van der Waals surface area contributed by atoms with Gasteiger partial charge in [-0.05, 0) is 20.8 Å². The first-order chi connectivity index (χ1) is 8.24. The molecule has 1 aromatic rings. The number of nitrogens with two attached hydrogens (primary N) is 1. The summed E-state index contributed by atoms with van der Waals surface area (Å²) in [6.45, 7) is 9.80. The van der Waals surface area contributed by atoms with E-state index in [1.165, 1.54) is 0 Å². The number of aliphatic hydroxyl groups is 1. The first-order valence-corrected chi connectivity index (χ1v) is 6.06. The Morgan fingerprint density at radius 1 is 1.28 bits per heavy atom. The first kappa shape index (κ1) is 14.7. The number of hydrogen-bond acceptors (Lipinski definition) is 6. The molecule has 0 atom stereocenters. The van der Waals surface area contributed by atoms with Crippen LogP contribution < -0.4 is 16.6 Å². The van der Waals surface area contributed by atoms with Crippen LogP contribution in [0.2, 0.25) is 0 Å². The number of nitrogen functional groups attached to an aromatic ring is 1. The van der Waals surface area contributed by atoms with E-state index in [0.29, 0.717) is 24.0 Å². The summed E-state index contributed by atoms with van der Waals surface area (Å²) in [7, 11) is 0. The van der Waals surface area contributed by atoms with Gasteiger partial charge < -0.3 is 15.8 Å². The van der Waals surface area contributed by atoms with Crippen LogP contribution in [-0.2, 0) is 0 Å². The van der Waals surface area contributed by atoms with Crippen LogP contribution >= 0.6 is 0 Å². The molecule has 0 bridgehead atoms. The molecule has 5 N–H and O–H groups in total. The van der Waals surface area contributed by atoms with E-state index in [4.69, 9.17) is 5.84 Å². The van der Waals surface area contributed by atoms with Gasteiger partial charge in [0.05, 0.1) is 5.60 Å². The van der Waals surface area contributed by atoms with Crippen LogP contribution in [0.25, 0.3) is 0 Å². The van der Waals surface area contributed by atoms with Gasteiger partial charge in [-0.2, -0.15) is 0 Å². The average Bonchev–Trinajstić information content (AvgIpc) is 2.26. The second kappa shape index (κ2) is 5.49. The van der Waals surface area contributed by atoms with Gasteiger partial charge >= 0.3 is 0 Å².